The van der Waals surface area contributed by atoms with Crippen molar-refractivity contribution in [3.63, 3.8) is 0 Å². The van der Waals surface area contributed by atoms with Gasteiger partial charge in [-0.3, -0.25) is 5.01 Å². The average molecular weight is 454 g/mol. The number of rotatable bonds is 6. The van der Waals surface area contributed by atoms with E-state index in [-0.39, 0.29) is 17.2 Å². The molecule has 8 nitrogen and oxygen atoms in total. The molecule has 3 aromatic rings. The summed E-state index contributed by atoms with van der Waals surface area (Å²) >= 11 is 11.1. The Labute approximate surface area is 181 Å². The Hall–Kier alpha value is -2.73. The minimum absolute atomic E-state index is 0.0110. The lowest BCUT2D eigenvalue weighted by atomic mass is 9.86. The first-order valence-corrected chi connectivity index (χ1v) is 9.46. The number of benzene rings is 1. The summed E-state index contributed by atoms with van der Waals surface area (Å²) in [5.74, 6) is 4.81. The normalized spacial score (nSPS) is 14.1. The van der Waals surface area contributed by atoms with Crippen molar-refractivity contribution in [1.82, 2.24) is 24.8 Å². The van der Waals surface area contributed by atoms with E-state index in [2.05, 4.69) is 20.4 Å². The van der Waals surface area contributed by atoms with Crippen LogP contribution in [-0.4, -0.2) is 41.0 Å². The fourth-order valence-electron chi connectivity index (χ4n) is 2.87. The van der Waals surface area contributed by atoms with Crippen LogP contribution in [0.5, 0.6) is 0 Å². The minimum Gasteiger partial charge on any atom is -0.381 e. The van der Waals surface area contributed by atoms with Gasteiger partial charge in [-0.1, -0.05) is 17.7 Å². The molecule has 1 aromatic carbocycles. The Morgan fingerprint density at radius 2 is 2.17 bits per heavy atom. The topological polar surface area (TPSA) is 105 Å². The molecule has 0 aliphatic rings. The first kappa shape index (κ1) is 22.0. The Bertz CT molecular complexity index is 1020. The van der Waals surface area contributed by atoms with Crippen LogP contribution in [0.1, 0.15) is 12.5 Å². The van der Waals surface area contributed by atoms with E-state index in [1.54, 1.807) is 19.1 Å². The molecule has 2 unspecified atom stereocenters. The number of nitrogens with two attached hydrogens (primary N) is 1. The van der Waals surface area contributed by atoms with Gasteiger partial charge in [-0.25, -0.2) is 29.3 Å². The highest BCUT2D eigenvalue weighted by molar-refractivity contribution is 7.80. The summed E-state index contributed by atoms with van der Waals surface area (Å²) in [4.78, 5) is 7.89. The van der Waals surface area contributed by atoms with E-state index in [1.165, 1.54) is 23.5 Å². The first-order valence-electron chi connectivity index (χ1n) is 8.67. The molecular weight excluding hydrogens is 436 g/mol. The van der Waals surface area contributed by atoms with Crippen LogP contribution >= 0.6 is 23.8 Å². The number of hydrazine groups is 1. The average Bonchev–Trinajstić information content (AvgIpc) is 3.21. The van der Waals surface area contributed by atoms with Gasteiger partial charge < -0.3 is 10.4 Å². The van der Waals surface area contributed by atoms with Gasteiger partial charge in [-0.05, 0) is 37.3 Å². The molecule has 30 heavy (non-hydrogen) atoms. The van der Waals surface area contributed by atoms with Crippen LogP contribution in [0.15, 0.2) is 49.2 Å². The van der Waals surface area contributed by atoms with Crippen LogP contribution in [-0.2, 0) is 12.1 Å². The van der Waals surface area contributed by atoms with Crippen LogP contribution in [0.2, 0.25) is 5.02 Å². The van der Waals surface area contributed by atoms with Gasteiger partial charge in [-0.2, -0.15) is 5.10 Å². The van der Waals surface area contributed by atoms with E-state index in [1.807, 2.05) is 0 Å². The van der Waals surface area contributed by atoms with Crippen molar-refractivity contribution in [1.29, 1.82) is 0 Å². The summed E-state index contributed by atoms with van der Waals surface area (Å²) < 4.78 is 29.4. The van der Waals surface area contributed by atoms with E-state index in [0.717, 1.165) is 17.1 Å². The summed E-state index contributed by atoms with van der Waals surface area (Å²) in [5, 5.41) is 19.8. The third-order valence-corrected chi connectivity index (χ3v) is 5.11. The number of hydrogen-bond donors (Lipinski definition) is 3. The monoisotopic (exact) mass is 453 g/mol. The zero-order valence-electron chi connectivity index (χ0n) is 15.7. The lowest BCUT2D eigenvalue weighted by molar-refractivity contribution is -0.0457. The predicted octanol–water partition coefficient (Wildman–Crippen LogP) is 2.45. The van der Waals surface area contributed by atoms with E-state index in [0.29, 0.717) is 16.9 Å². The number of hydrogen-bond acceptors (Lipinski definition) is 6. The third kappa shape index (κ3) is 4.70. The number of pyridine rings is 1. The number of nitrogens with zero attached hydrogens (tertiary/aromatic N) is 5. The molecule has 0 fully saturated rings. The highest BCUT2D eigenvalue weighted by Crippen LogP contribution is 2.32. The van der Waals surface area contributed by atoms with Crippen LogP contribution in [0.25, 0.3) is 0 Å². The van der Waals surface area contributed by atoms with Crippen molar-refractivity contribution in [3.8, 4) is 0 Å². The van der Waals surface area contributed by atoms with Crippen molar-refractivity contribution in [2.45, 2.75) is 25.1 Å². The van der Waals surface area contributed by atoms with Crippen molar-refractivity contribution in [3.05, 3.63) is 71.4 Å². The standard InChI is InChI=1S/C18H18ClF2N7OS/c1-11(28(22)17(30)26-16-5-2-12(19)7-24-16)18(29,8-27-10-23-9-25-27)14-4-3-13(20)6-15(14)21/h2-7,9-11,29H,8,22H2,1H3,(H,24,26,30). The number of halogens is 3. The van der Waals surface area contributed by atoms with Crippen molar-refractivity contribution in [2.75, 3.05) is 5.32 Å². The highest BCUT2D eigenvalue weighted by atomic mass is 35.5. The van der Waals surface area contributed by atoms with Gasteiger partial charge in [0, 0.05) is 17.8 Å². The SMILES string of the molecule is CC(N(N)C(=S)Nc1ccc(Cl)cn1)C(O)(Cn1cncn1)c1ccc(F)cc1F. The molecule has 2 atom stereocenters. The molecule has 2 heterocycles. The molecule has 2 aromatic heterocycles. The molecule has 0 radical (unpaired) electrons. The van der Waals surface area contributed by atoms with E-state index in [9.17, 15) is 13.9 Å². The maximum absolute atomic E-state index is 14.6. The highest BCUT2D eigenvalue weighted by Gasteiger charge is 2.42. The number of thiocarbonyl (C=S) groups is 1. The maximum atomic E-state index is 14.6. The van der Waals surface area contributed by atoms with Gasteiger partial charge in [-0.15, -0.1) is 0 Å². The van der Waals surface area contributed by atoms with Gasteiger partial charge in [0.05, 0.1) is 17.6 Å². The number of nitrogens with one attached hydrogen (secondary N) is 1. The summed E-state index contributed by atoms with van der Waals surface area (Å²) in [6.07, 6.45) is 4.05. The largest absolute Gasteiger partial charge is 0.381 e. The molecule has 3 rings (SSSR count). The molecule has 0 aliphatic heterocycles. The molecule has 12 heteroatoms. The number of anilines is 1. The van der Waals surface area contributed by atoms with E-state index < -0.39 is 23.3 Å². The van der Waals surface area contributed by atoms with E-state index >= 15 is 0 Å². The fraction of sp³-hybridized carbons (Fsp3) is 0.222. The molecule has 0 amide bonds. The summed E-state index contributed by atoms with van der Waals surface area (Å²) in [6.45, 7) is 1.33. The first-order chi connectivity index (χ1) is 14.2. The molecule has 158 valence electrons. The number of aliphatic hydroxyl groups is 1. The lowest BCUT2D eigenvalue weighted by Crippen LogP contribution is -2.57. The molecule has 0 aliphatic carbocycles. The van der Waals surface area contributed by atoms with E-state index in [4.69, 9.17) is 29.7 Å². The quantitative estimate of drug-likeness (QED) is 0.297. The number of aromatic nitrogens is 4. The smallest absolute Gasteiger partial charge is 0.189 e. The summed E-state index contributed by atoms with van der Waals surface area (Å²) in [5.41, 5.74) is -2.12. The van der Waals surface area contributed by atoms with Gasteiger partial charge in [0.15, 0.2) is 5.11 Å². The van der Waals surface area contributed by atoms with Gasteiger partial charge in [0.25, 0.3) is 0 Å². The van der Waals surface area contributed by atoms with Gasteiger partial charge in [0.2, 0.25) is 0 Å². The lowest BCUT2D eigenvalue weighted by Gasteiger charge is -2.40. The molecule has 0 saturated carbocycles. The summed E-state index contributed by atoms with van der Waals surface area (Å²) in [6, 6.07) is 5.11. The molecule has 0 saturated heterocycles. The summed E-state index contributed by atoms with van der Waals surface area (Å²) in [7, 11) is 0. The second-order valence-electron chi connectivity index (χ2n) is 6.52. The zero-order valence-corrected chi connectivity index (χ0v) is 17.3. The van der Waals surface area contributed by atoms with Crippen LogP contribution in [0, 0.1) is 11.6 Å². The molecule has 0 spiro atoms. The predicted molar refractivity (Wildman–Crippen MR) is 111 cm³/mol. The van der Waals surface area contributed by atoms with Gasteiger partial charge in [0.1, 0.15) is 35.7 Å². The zero-order chi connectivity index (χ0) is 21.9. The molecule has 0 bridgehead atoms. The Balaban J connectivity index is 1.91. The van der Waals surface area contributed by atoms with Crippen LogP contribution in [0.3, 0.4) is 0 Å². The van der Waals surface area contributed by atoms with Crippen molar-refractivity contribution < 1.29 is 13.9 Å². The third-order valence-electron chi connectivity index (χ3n) is 4.57. The molecular formula is C18H18ClF2N7OS. The van der Waals surface area contributed by atoms with Crippen molar-refractivity contribution in [2.24, 2.45) is 5.84 Å². The Morgan fingerprint density at radius 3 is 2.77 bits per heavy atom. The Kier molecular flexibility index (Phi) is 6.56. The Morgan fingerprint density at radius 1 is 1.40 bits per heavy atom. The second kappa shape index (κ2) is 8.96. The molecule has 4 N–H and O–H groups in total. The van der Waals surface area contributed by atoms with Gasteiger partial charge >= 0.3 is 0 Å². The second-order valence-corrected chi connectivity index (χ2v) is 7.34. The van der Waals surface area contributed by atoms with Crippen molar-refractivity contribution >= 4 is 34.7 Å². The van der Waals surface area contributed by atoms with Crippen LogP contribution < -0.4 is 11.2 Å². The van der Waals surface area contributed by atoms with Crippen LogP contribution in [0.4, 0.5) is 14.6 Å². The maximum Gasteiger partial charge on any atom is 0.189 e. The minimum atomic E-state index is -1.95. The fourth-order valence-corrected chi connectivity index (χ4v) is 3.25.